The van der Waals surface area contributed by atoms with E-state index in [0.717, 1.165) is 17.7 Å². The second-order valence-corrected chi connectivity index (χ2v) is 9.82. The lowest BCUT2D eigenvalue weighted by Crippen LogP contribution is -2.46. The lowest BCUT2D eigenvalue weighted by molar-refractivity contribution is -0.123. The Hall–Kier alpha value is -2.18. The minimum atomic E-state index is -3.50. The van der Waals surface area contributed by atoms with Crippen LogP contribution in [0.2, 0.25) is 0 Å². The normalized spacial score (nSPS) is 20.9. The number of aryl methyl sites for hydroxylation is 1. The van der Waals surface area contributed by atoms with E-state index in [4.69, 9.17) is 0 Å². The van der Waals surface area contributed by atoms with Crippen LogP contribution >= 0.6 is 0 Å². The molecule has 4 rings (SSSR count). The molecule has 0 N–H and O–H groups in total. The smallest absolute Gasteiger partial charge is 0.243 e. The Kier molecular flexibility index (Phi) is 5.02. The van der Waals surface area contributed by atoms with Crippen LogP contribution in [0.1, 0.15) is 30.9 Å². The van der Waals surface area contributed by atoms with Gasteiger partial charge in [-0.3, -0.25) is 4.79 Å². The Morgan fingerprint density at radius 2 is 1.64 bits per heavy atom. The number of nitrogens with zero attached hydrogens (tertiary/aromatic N) is 2. The summed E-state index contributed by atoms with van der Waals surface area (Å²) in [5, 5.41) is 0. The minimum absolute atomic E-state index is 0.127. The largest absolute Gasteiger partial charge is 0.309 e. The van der Waals surface area contributed by atoms with Gasteiger partial charge in [-0.2, -0.15) is 4.31 Å². The Balaban J connectivity index is 1.46. The minimum Gasteiger partial charge on any atom is -0.309 e. The number of fused-ring (bicyclic) bond motifs is 1. The van der Waals surface area contributed by atoms with Gasteiger partial charge in [-0.25, -0.2) is 8.42 Å². The molecule has 1 amide bonds. The van der Waals surface area contributed by atoms with Gasteiger partial charge in [-0.15, -0.1) is 0 Å². The van der Waals surface area contributed by atoms with Crippen LogP contribution in [-0.4, -0.2) is 37.8 Å². The number of carbonyl (C=O) groups is 1. The van der Waals surface area contributed by atoms with Crippen LogP contribution in [0.4, 0.5) is 5.69 Å². The summed E-state index contributed by atoms with van der Waals surface area (Å²) in [4.78, 5) is 15.4. The van der Waals surface area contributed by atoms with Crippen molar-refractivity contribution in [3.05, 3.63) is 59.7 Å². The second-order valence-electron chi connectivity index (χ2n) is 7.88. The molecule has 2 heterocycles. The maximum absolute atomic E-state index is 13.2. The number of hydrogen-bond acceptors (Lipinski definition) is 3. The van der Waals surface area contributed by atoms with Crippen molar-refractivity contribution >= 4 is 21.6 Å². The van der Waals surface area contributed by atoms with E-state index in [1.165, 1.54) is 9.87 Å². The number of carbonyl (C=O) groups excluding carboxylic acids is 1. The fourth-order valence-electron chi connectivity index (χ4n) is 4.30. The number of para-hydroxylation sites is 1. The Bertz CT molecular complexity index is 977. The molecule has 2 aromatic carbocycles. The van der Waals surface area contributed by atoms with Crippen molar-refractivity contribution in [1.82, 2.24) is 4.31 Å². The molecular formula is C22H26N2O3S. The molecule has 0 unspecified atom stereocenters. The predicted molar refractivity (Wildman–Crippen MR) is 110 cm³/mol. The number of benzene rings is 2. The highest BCUT2D eigenvalue weighted by molar-refractivity contribution is 7.89. The van der Waals surface area contributed by atoms with Gasteiger partial charge >= 0.3 is 0 Å². The Morgan fingerprint density at radius 3 is 2.32 bits per heavy atom. The molecule has 2 aliphatic heterocycles. The van der Waals surface area contributed by atoms with Gasteiger partial charge in [0.2, 0.25) is 15.9 Å². The van der Waals surface area contributed by atoms with Crippen molar-refractivity contribution in [2.24, 2.45) is 5.92 Å². The van der Waals surface area contributed by atoms with Crippen molar-refractivity contribution < 1.29 is 13.2 Å². The SMILES string of the molecule is Cc1ccc(S(=O)(=O)N2CCC(C(=O)N3c4ccccc4C[C@H]3C)CC2)cc1. The van der Waals surface area contributed by atoms with Gasteiger partial charge in [0.15, 0.2) is 0 Å². The highest BCUT2D eigenvalue weighted by atomic mass is 32.2. The van der Waals surface area contributed by atoms with Gasteiger partial charge in [-0.05, 0) is 56.9 Å². The zero-order valence-electron chi connectivity index (χ0n) is 16.3. The summed E-state index contributed by atoms with van der Waals surface area (Å²) < 4.78 is 27.3. The average molecular weight is 399 g/mol. The first-order valence-electron chi connectivity index (χ1n) is 9.86. The molecule has 0 aromatic heterocycles. The number of sulfonamides is 1. The molecule has 1 fully saturated rings. The van der Waals surface area contributed by atoms with E-state index in [2.05, 4.69) is 13.0 Å². The third-order valence-corrected chi connectivity index (χ3v) is 7.82. The van der Waals surface area contributed by atoms with Crippen LogP contribution in [0.3, 0.4) is 0 Å². The highest BCUT2D eigenvalue weighted by Gasteiger charge is 2.38. The molecule has 2 aliphatic rings. The van der Waals surface area contributed by atoms with Crippen molar-refractivity contribution in [2.45, 2.75) is 44.0 Å². The van der Waals surface area contributed by atoms with Gasteiger partial charge in [0.1, 0.15) is 0 Å². The molecule has 28 heavy (non-hydrogen) atoms. The standard InChI is InChI=1S/C22H26N2O3S/c1-16-7-9-20(10-8-16)28(26,27)23-13-11-18(12-14-23)22(25)24-17(2)15-19-5-3-4-6-21(19)24/h3-10,17-18H,11-15H2,1-2H3/t17-/m1/s1. The van der Waals surface area contributed by atoms with E-state index in [-0.39, 0.29) is 17.9 Å². The van der Waals surface area contributed by atoms with Crippen LogP contribution in [-0.2, 0) is 21.2 Å². The lowest BCUT2D eigenvalue weighted by Gasteiger charge is -2.34. The van der Waals surface area contributed by atoms with Crippen LogP contribution in [0, 0.1) is 12.8 Å². The third-order valence-electron chi connectivity index (χ3n) is 5.91. The zero-order valence-corrected chi connectivity index (χ0v) is 17.2. The first-order chi connectivity index (χ1) is 13.4. The van der Waals surface area contributed by atoms with Gasteiger partial charge in [0.25, 0.3) is 0 Å². The van der Waals surface area contributed by atoms with Crippen molar-refractivity contribution in [2.75, 3.05) is 18.0 Å². The third kappa shape index (κ3) is 3.35. The van der Waals surface area contributed by atoms with E-state index < -0.39 is 10.0 Å². The van der Waals surface area contributed by atoms with Crippen molar-refractivity contribution in [3.63, 3.8) is 0 Å². The summed E-state index contributed by atoms with van der Waals surface area (Å²) in [6.45, 7) is 4.78. The summed E-state index contributed by atoms with van der Waals surface area (Å²) in [6.07, 6.45) is 2.01. The van der Waals surface area contributed by atoms with E-state index in [1.54, 1.807) is 12.1 Å². The van der Waals surface area contributed by atoms with Gasteiger partial charge in [0, 0.05) is 30.7 Å². The zero-order chi connectivity index (χ0) is 19.9. The molecule has 1 saturated heterocycles. The van der Waals surface area contributed by atoms with Crippen molar-refractivity contribution in [3.8, 4) is 0 Å². The molecule has 0 saturated carbocycles. The molecule has 0 radical (unpaired) electrons. The Labute approximate surface area is 167 Å². The van der Waals surface area contributed by atoms with E-state index in [1.807, 2.05) is 42.2 Å². The summed E-state index contributed by atoms with van der Waals surface area (Å²) in [5.74, 6) is 0.00269. The van der Waals surface area contributed by atoms with Crippen LogP contribution in [0.5, 0.6) is 0 Å². The van der Waals surface area contributed by atoms with Gasteiger partial charge in [-0.1, -0.05) is 35.9 Å². The maximum Gasteiger partial charge on any atom is 0.243 e. The van der Waals surface area contributed by atoms with Gasteiger partial charge < -0.3 is 4.90 Å². The topological polar surface area (TPSA) is 57.7 Å². The molecule has 6 heteroatoms. The molecule has 1 atom stereocenters. The first-order valence-corrected chi connectivity index (χ1v) is 11.3. The fraction of sp³-hybridized carbons (Fsp3) is 0.409. The Morgan fingerprint density at radius 1 is 1.00 bits per heavy atom. The molecular weight excluding hydrogens is 372 g/mol. The lowest BCUT2D eigenvalue weighted by atomic mass is 9.96. The monoisotopic (exact) mass is 398 g/mol. The van der Waals surface area contributed by atoms with E-state index in [0.29, 0.717) is 30.8 Å². The molecule has 5 nitrogen and oxygen atoms in total. The quantitative estimate of drug-likeness (QED) is 0.796. The number of piperidine rings is 1. The summed E-state index contributed by atoms with van der Waals surface area (Å²) in [7, 11) is -3.50. The van der Waals surface area contributed by atoms with Crippen molar-refractivity contribution in [1.29, 1.82) is 0 Å². The number of anilines is 1. The number of rotatable bonds is 3. The first kappa shape index (κ1) is 19.2. The summed E-state index contributed by atoms with van der Waals surface area (Å²) >= 11 is 0. The van der Waals surface area contributed by atoms with Gasteiger partial charge in [0.05, 0.1) is 4.90 Å². The van der Waals surface area contributed by atoms with E-state index in [9.17, 15) is 13.2 Å². The number of hydrogen-bond donors (Lipinski definition) is 0. The molecule has 2 aromatic rings. The van der Waals surface area contributed by atoms with Crippen LogP contribution < -0.4 is 4.90 Å². The highest BCUT2D eigenvalue weighted by Crippen LogP contribution is 2.35. The summed E-state index contributed by atoms with van der Waals surface area (Å²) in [5.41, 5.74) is 3.25. The molecule has 0 bridgehead atoms. The molecule has 148 valence electrons. The second kappa shape index (κ2) is 7.33. The average Bonchev–Trinajstić information content (AvgIpc) is 3.03. The van der Waals surface area contributed by atoms with Crippen LogP contribution in [0.15, 0.2) is 53.4 Å². The maximum atomic E-state index is 13.2. The molecule has 0 aliphatic carbocycles. The van der Waals surface area contributed by atoms with Crippen LogP contribution in [0.25, 0.3) is 0 Å². The molecule has 0 spiro atoms. The fourth-order valence-corrected chi connectivity index (χ4v) is 5.77. The van der Waals surface area contributed by atoms with E-state index >= 15 is 0 Å². The number of amides is 1. The predicted octanol–water partition coefficient (Wildman–Crippen LogP) is 3.37. The summed E-state index contributed by atoms with van der Waals surface area (Å²) in [6, 6.07) is 15.2.